The van der Waals surface area contributed by atoms with Crippen molar-refractivity contribution in [3.8, 4) is 11.5 Å². The number of alkyl halides is 2. The van der Waals surface area contributed by atoms with Crippen molar-refractivity contribution in [3.05, 3.63) is 48.3 Å². The maximum Gasteiger partial charge on any atom is 0.258 e. The second-order valence-corrected chi connectivity index (χ2v) is 6.14. The number of benzene rings is 1. The normalized spacial score (nSPS) is 19.4. The van der Waals surface area contributed by atoms with Crippen LogP contribution in [-0.4, -0.2) is 22.0 Å². The van der Waals surface area contributed by atoms with Gasteiger partial charge in [-0.05, 0) is 36.6 Å². The third-order valence-electron chi connectivity index (χ3n) is 4.37. The van der Waals surface area contributed by atoms with Crippen LogP contribution < -0.4 is 5.32 Å². The number of carbonyl (C=O) groups is 1. The lowest BCUT2D eigenvalue weighted by Gasteiger charge is -2.28. The molecule has 0 radical (unpaired) electrons. The van der Waals surface area contributed by atoms with Crippen molar-refractivity contribution in [2.75, 3.05) is 0 Å². The van der Waals surface area contributed by atoms with Crippen molar-refractivity contribution >= 4 is 5.91 Å². The molecule has 1 aliphatic carbocycles. The average Bonchev–Trinajstić information content (AvgIpc) is 3.09. The Morgan fingerprint density at radius 1 is 1.36 bits per heavy atom. The van der Waals surface area contributed by atoms with Crippen molar-refractivity contribution in [3.63, 3.8) is 0 Å². The van der Waals surface area contributed by atoms with E-state index in [9.17, 15) is 13.6 Å². The summed E-state index contributed by atoms with van der Waals surface area (Å²) in [4.78, 5) is 15.3. The molecule has 5 nitrogen and oxygen atoms in total. The third kappa shape index (κ3) is 3.92. The lowest BCUT2D eigenvalue weighted by Crippen LogP contribution is -2.30. The largest absolute Gasteiger partial charge is 0.348 e. The summed E-state index contributed by atoms with van der Waals surface area (Å²) in [6, 6.07) is 7.12. The van der Waals surface area contributed by atoms with E-state index in [2.05, 4.69) is 22.0 Å². The Morgan fingerprint density at radius 2 is 2.12 bits per heavy atom. The maximum atomic E-state index is 14.0. The zero-order valence-electron chi connectivity index (χ0n) is 13.7. The number of halogens is 2. The number of nitrogens with one attached hydrogen (secondary N) is 1. The van der Waals surface area contributed by atoms with Gasteiger partial charge in [-0.3, -0.25) is 4.79 Å². The standard InChI is InChI=1S/C18H19F2N3O2/c1-2-15(24)21-11-12-6-8-13(9-7-12)17-22-16(23-25-17)14-5-3-4-10-18(14,19)20/h2,6-9,14H,1,3-5,10-11H2,(H,21,24). The van der Waals surface area contributed by atoms with E-state index in [1.54, 1.807) is 24.3 Å². The van der Waals surface area contributed by atoms with E-state index < -0.39 is 11.8 Å². The van der Waals surface area contributed by atoms with Crippen molar-refractivity contribution in [1.29, 1.82) is 0 Å². The number of nitrogens with zero attached hydrogens (tertiary/aromatic N) is 2. The van der Waals surface area contributed by atoms with Gasteiger partial charge in [0.15, 0.2) is 5.82 Å². The van der Waals surface area contributed by atoms with Crippen LogP contribution in [0.1, 0.15) is 43.0 Å². The molecule has 2 aromatic rings. The SMILES string of the molecule is C=CC(=O)NCc1ccc(-c2nc(C3CCCCC3(F)F)no2)cc1. The van der Waals surface area contributed by atoms with Crippen LogP contribution in [0.2, 0.25) is 0 Å². The molecule has 1 aromatic heterocycles. The highest BCUT2D eigenvalue weighted by Gasteiger charge is 2.44. The Bertz CT molecular complexity index is 756. The first-order valence-electron chi connectivity index (χ1n) is 8.20. The molecule has 0 bridgehead atoms. The number of aromatic nitrogens is 2. The average molecular weight is 347 g/mol. The van der Waals surface area contributed by atoms with Crippen LogP contribution in [0.5, 0.6) is 0 Å². The number of hydrogen-bond donors (Lipinski definition) is 1. The molecule has 1 aromatic carbocycles. The van der Waals surface area contributed by atoms with Gasteiger partial charge in [-0.2, -0.15) is 4.98 Å². The van der Waals surface area contributed by atoms with Crippen LogP contribution in [0.3, 0.4) is 0 Å². The molecular formula is C18H19F2N3O2. The highest BCUT2D eigenvalue weighted by molar-refractivity contribution is 5.86. The summed E-state index contributed by atoms with van der Waals surface area (Å²) in [6.07, 6.45) is 2.71. The van der Waals surface area contributed by atoms with Gasteiger partial charge in [-0.15, -0.1) is 0 Å². The van der Waals surface area contributed by atoms with Crippen molar-refractivity contribution in [1.82, 2.24) is 15.5 Å². The molecule has 1 fully saturated rings. The van der Waals surface area contributed by atoms with Crippen LogP contribution in [0.25, 0.3) is 11.5 Å². The number of hydrogen-bond acceptors (Lipinski definition) is 4. The summed E-state index contributed by atoms with van der Waals surface area (Å²) in [5.74, 6) is -3.72. The second kappa shape index (κ2) is 7.13. The van der Waals surface area contributed by atoms with Crippen LogP contribution in [-0.2, 0) is 11.3 Å². The van der Waals surface area contributed by atoms with Gasteiger partial charge in [0.2, 0.25) is 5.91 Å². The molecule has 25 heavy (non-hydrogen) atoms. The molecule has 1 unspecified atom stereocenters. The smallest absolute Gasteiger partial charge is 0.258 e. The minimum atomic E-state index is -2.79. The summed E-state index contributed by atoms with van der Waals surface area (Å²) in [6.45, 7) is 3.75. The van der Waals surface area contributed by atoms with E-state index in [1.807, 2.05) is 0 Å². The fourth-order valence-corrected chi connectivity index (χ4v) is 2.93. The molecular weight excluding hydrogens is 328 g/mol. The van der Waals surface area contributed by atoms with Gasteiger partial charge < -0.3 is 9.84 Å². The third-order valence-corrected chi connectivity index (χ3v) is 4.37. The number of carbonyl (C=O) groups excluding carboxylic acids is 1. The zero-order chi connectivity index (χ0) is 17.9. The molecule has 0 saturated heterocycles. The van der Waals surface area contributed by atoms with Gasteiger partial charge in [0.25, 0.3) is 11.8 Å². The van der Waals surface area contributed by atoms with E-state index >= 15 is 0 Å². The van der Waals surface area contributed by atoms with Crippen molar-refractivity contribution in [2.45, 2.75) is 44.1 Å². The minimum absolute atomic E-state index is 0.0713. The summed E-state index contributed by atoms with van der Waals surface area (Å²) >= 11 is 0. The minimum Gasteiger partial charge on any atom is -0.348 e. The highest BCUT2D eigenvalue weighted by Crippen LogP contribution is 2.43. The molecule has 1 saturated carbocycles. The van der Waals surface area contributed by atoms with E-state index in [0.717, 1.165) is 12.0 Å². The monoisotopic (exact) mass is 347 g/mol. The highest BCUT2D eigenvalue weighted by atomic mass is 19.3. The van der Waals surface area contributed by atoms with E-state index in [0.29, 0.717) is 24.9 Å². The van der Waals surface area contributed by atoms with Gasteiger partial charge in [0, 0.05) is 18.5 Å². The Hall–Kier alpha value is -2.57. The van der Waals surface area contributed by atoms with E-state index in [4.69, 9.17) is 4.52 Å². The molecule has 1 heterocycles. The van der Waals surface area contributed by atoms with Gasteiger partial charge in [0.05, 0.1) is 5.92 Å². The predicted octanol–water partition coefficient (Wildman–Crippen LogP) is 3.83. The first-order valence-corrected chi connectivity index (χ1v) is 8.20. The Morgan fingerprint density at radius 3 is 2.80 bits per heavy atom. The van der Waals surface area contributed by atoms with Gasteiger partial charge in [-0.1, -0.05) is 30.3 Å². The number of rotatable bonds is 5. The molecule has 1 atom stereocenters. The molecule has 132 valence electrons. The topological polar surface area (TPSA) is 68.0 Å². The molecule has 1 amide bonds. The summed E-state index contributed by atoms with van der Waals surface area (Å²) < 4.78 is 33.2. The van der Waals surface area contributed by atoms with Crippen LogP contribution in [0, 0.1) is 0 Å². The van der Waals surface area contributed by atoms with Crippen molar-refractivity contribution < 1.29 is 18.1 Å². The Labute approximate surface area is 144 Å². The fraction of sp³-hybridized carbons (Fsp3) is 0.389. The summed E-state index contributed by atoms with van der Waals surface area (Å²) in [5.41, 5.74) is 1.54. The Kier molecular flexibility index (Phi) is 4.92. The van der Waals surface area contributed by atoms with Gasteiger partial charge in [-0.25, -0.2) is 8.78 Å². The predicted molar refractivity (Wildman–Crippen MR) is 87.9 cm³/mol. The second-order valence-electron chi connectivity index (χ2n) is 6.14. The zero-order valence-corrected chi connectivity index (χ0v) is 13.7. The molecule has 0 spiro atoms. The summed E-state index contributed by atoms with van der Waals surface area (Å²) in [7, 11) is 0. The summed E-state index contributed by atoms with van der Waals surface area (Å²) in [5, 5.41) is 6.44. The first kappa shape index (κ1) is 17.3. The van der Waals surface area contributed by atoms with Crippen molar-refractivity contribution in [2.24, 2.45) is 0 Å². The molecule has 0 aliphatic heterocycles. The molecule has 1 aliphatic rings. The van der Waals surface area contributed by atoms with E-state index in [1.165, 1.54) is 6.08 Å². The molecule has 3 rings (SSSR count). The van der Waals surface area contributed by atoms with Crippen LogP contribution >= 0.6 is 0 Å². The lowest BCUT2D eigenvalue weighted by atomic mass is 9.85. The quantitative estimate of drug-likeness (QED) is 0.835. The van der Waals surface area contributed by atoms with Crippen LogP contribution in [0.15, 0.2) is 41.4 Å². The number of amides is 1. The molecule has 1 N–H and O–H groups in total. The molecule has 7 heteroatoms. The Balaban J connectivity index is 1.71. The maximum absolute atomic E-state index is 14.0. The van der Waals surface area contributed by atoms with Gasteiger partial charge >= 0.3 is 0 Å². The first-order chi connectivity index (χ1) is 12.0. The lowest BCUT2D eigenvalue weighted by molar-refractivity contribution is -0.116. The van der Waals surface area contributed by atoms with Crippen LogP contribution in [0.4, 0.5) is 8.78 Å². The van der Waals surface area contributed by atoms with Gasteiger partial charge in [0.1, 0.15) is 0 Å². The van der Waals surface area contributed by atoms with E-state index in [-0.39, 0.29) is 24.0 Å². The fourth-order valence-electron chi connectivity index (χ4n) is 2.93.